The van der Waals surface area contributed by atoms with E-state index in [1.807, 2.05) is 24.4 Å². The van der Waals surface area contributed by atoms with Gasteiger partial charge in [-0.25, -0.2) is 0 Å². The van der Waals surface area contributed by atoms with Crippen molar-refractivity contribution in [3.63, 3.8) is 0 Å². The number of fused-ring (bicyclic) bond motifs is 1. The van der Waals surface area contributed by atoms with E-state index in [1.165, 1.54) is 5.56 Å². The van der Waals surface area contributed by atoms with E-state index in [4.69, 9.17) is 5.11 Å². The van der Waals surface area contributed by atoms with Gasteiger partial charge in [-0.2, -0.15) is 0 Å². The molecule has 1 heterocycles. The molecule has 0 saturated carbocycles. The number of nitrogens with zero attached hydrogens (tertiary/aromatic N) is 2. The quantitative estimate of drug-likeness (QED) is 0.838. The molecule has 0 bridgehead atoms. The minimum absolute atomic E-state index is 0.0708. The fourth-order valence-electron chi connectivity index (χ4n) is 2.16. The van der Waals surface area contributed by atoms with Crippen molar-refractivity contribution < 1.29 is 10.2 Å². The summed E-state index contributed by atoms with van der Waals surface area (Å²) in [4.78, 5) is 8.56. The first-order valence-corrected chi connectivity index (χ1v) is 6.36. The third-order valence-electron chi connectivity index (χ3n) is 3.30. The standard InChI is InChI=1S/C16H14N2O2/c19-10-13-3-1-2-12(16(13)20)9-18-15-5-4-11-7-17-8-14(11)6-15/h1-6,8-9,19-20H,7,10H2. The molecule has 0 fully saturated rings. The van der Waals surface area contributed by atoms with E-state index in [2.05, 4.69) is 9.98 Å². The predicted octanol–water partition coefficient (Wildman–Crippen LogP) is 2.57. The maximum atomic E-state index is 9.95. The second-order valence-corrected chi connectivity index (χ2v) is 4.62. The monoisotopic (exact) mass is 266 g/mol. The summed E-state index contributed by atoms with van der Waals surface area (Å²) >= 11 is 0. The highest BCUT2D eigenvalue weighted by Gasteiger charge is 2.06. The van der Waals surface area contributed by atoms with E-state index in [0.717, 1.165) is 17.8 Å². The number of aromatic hydroxyl groups is 1. The van der Waals surface area contributed by atoms with Gasteiger partial charge in [-0.3, -0.25) is 9.98 Å². The van der Waals surface area contributed by atoms with Crippen molar-refractivity contribution in [3.05, 3.63) is 58.7 Å². The molecule has 0 aromatic heterocycles. The second kappa shape index (κ2) is 5.27. The summed E-state index contributed by atoms with van der Waals surface area (Å²) in [7, 11) is 0. The first kappa shape index (κ1) is 12.6. The zero-order valence-electron chi connectivity index (χ0n) is 10.8. The van der Waals surface area contributed by atoms with E-state index in [-0.39, 0.29) is 12.4 Å². The van der Waals surface area contributed by atoms with Crippen LogP contribution in [0.3, 0.4) is 0 Å². The lowest BCUT2D eigenvalue weighted by molar-refractivity contribution is 0.275. The summed E-state index contributed by atoms with van der Waals surface area (Å²) in [6, 6.07) is 11.1. The van der Waals surface area contributed by atoms with Gasteiger partial charge in [-0.1, -0.05) is 18.2 Å². The second-order valence-electron chi connectivity index (χ2n) is 4.62. The molecule has 20 heavy (non-hydrogen) atoms. The lowest BCUT2D eigenvalue weighted by atomic mass is 10.1. The average Bonchev–Trinajstić information content (AvgIpc) is 2.93. The van der Waals surface area contributed by atoms with Crippen molar-refractivity contribution in [2.24, 2.45) is 9.98 Å². The highest BCUT2D eigenvalue weighted by molar-refractivity contribution is 5.88. The van der Waals surface area contributed by atoms with E-state index in [1.54, 1.807) is 24.4 Å². The molecule has 0 amide bonds. The highest BCUT2D eigenvalue weighted by Crippen LogP contribution is 2.24. The van der Waals surface area contributed by atoms with Gasteiger partial charge in [0.1, 0.15) is 5.75 Å². The Balaban J connectivity index is 1.89. The zero-order chi connectivity index (χ0) is 13.9. The number of benzene rings is 2. The fraction of sp³-hybridized carbons (Fsp3) is 0.125. The van der Waals surface area contributed by atoms with Crippen LogP contribution in [0.5, 0.6) is 5.75 Å². The van der Waals surface area contributed by atoms with E-state index in [9.17, 15) is 5.11 Å². The molecule has 0 spiro atoms. The van der Waals surface area contributed by atoms with Crippen molar-refractivity contribution in [2.45, 2.75) is 13.2 Å². The molecule has 1 aliphatic heterocycles. The number of hydrogen-bond acceptors (Lipinski definition) is 4. The SMILES string of the molecule is OCc1cccc(C=Nc2ccc3c(c2)C=NC3)c1O. The van der Waals surface area contributed by atoms with Crippen LogP contribution in [0.2, 0.25) is 0 Å². The molecular weight excluding hydrogens is 252 g/mol. The van der Waals surface area contributed by atoms with Crippen LogP contribution in [0.15, 0.2) is 46.4 Å². The van der Waals surface area contributed by atoms with Crippen LogP contribution in [-0.4, -0.2) is 22.6 Å². The lowest BCUT2D eigenvalue weighted by Gasteiger charge is -2.04. The molecule has 1 aliphatic rings. The van der Waals surface area contributed by atoms with E-state index >= 15 is 0 Å². The molecule has 4 nitrogen and oxygen atoms in total. The van der Waals surface area contributed by atoms with Crippen molar-refractivity contribution in [1.82, 2.24) is 0 Å². The van der Waals surface area contributed by atoms with Crippen LogP contribution in [0.1, 0.15) is 22.3 Å². The molecule has 0 aliphatic carbocycles. The van der Waals surface area contributed by atoms with Crippen LogP contribution in [-0.2, 0) is 13.2 Å². The zero-order valence-corrected chi connectivity index (χ0v) is 10.8. The first-order valence-electron chi connectivity index (χ1n) is 6.36. The van der Waals surface area contributed by atoms with Crippen LogP contribution < -0.4 is 0 Å². The van der Waals surface area contributed by atoms with Gasteiger partial charge in [0.05, 0.1) is 18.8 Å². The fourth-order valence-corrected chi connectivity index (χ4v) is 2.16. The molecular formula is C16H14N2O2. The molecule has 0 saturated heterocycles. The third kappa shape index (κ3) is 2.33. The van der Waals surface area contributed by atoms with Gasteiger partial charge in [-0.15, -0.1) is 0 Å². The Kier molecular flexibility index (Phi) is 3.31. The van der Waals surface area contributed by atoms with Crippen LogP contribution in [0.4, 0.5) is 5.69 Å². The molecule has 3 rings (SSSR count). The van der Waals surface area contributed by atoms with Crippen molar-refractivity contribution >= 4 is 18.1 Å². The van der Waals surface area contributed by atoms with Crippen molar-refractivity contribution in [3.8, 4) is 5.75 Å². The van der Waals surface area contributed by atoms with Crippen LogP contribution in [0, 0.1) is 0 Å². The number of aliphatic imine (C=N–C) groups is 2. The minimum Gasteiger partial charge on any atom is -0.507 e. The molecule has 4 heteroatoms. The molecule has 100 valence electrons. The van der Waals surface area contributed by atoms with Crippen LogP contribution in [0.25, 0.3) is 0 Å². The topological polar surface area (TPSA) is 65.2 Å². The summed E-state index contributed by atoms with van der Waals surface area (Å²) in [6.45, 7) is 0.543. The third-order valence-corrected chi connectivity index (χ3v) is 3.30. The Morgan fingerprint density at radius 3 is 3.00 bits per heavy atom. The number of hydrogen-bond donors (Lipinski definition) is 2. The molecule has 2 N–H and O–H groups in total. The van der Waals surface area contributed by atoms with Crippen LogP contribution >= 0.6 is 0 Å². The maximum Gasteiger partial charge on any atom is 0.129 e. The Hall–Kier alpha value is -2.46. The lowest BCUT2D eigenvalue weighted by Crippen LogP contribution is -1.89. The van der Waals surface area contributed by atoms with Gasteiger partial charge in [0, 0.05) is 23.6 Å². The predicted molar refractivity (Wildman–Crippen MR) is 79.0 cm³/mol. The van der Waals surface area contributed by atoms with Gasteiger partial charge in [-0.05, 0) is 29.3 Å². The molecule has 2 aromatic carbocycles. The van der Waals surface area contributed by atoms with Gasteiger partial charge >= 0.3 is 0 Å². The Bertz CT molecular complexity index is 706. The minimum atomic E-state index is -0.192. The Labute approximate surface area is 116 Å². The van der Waals surface area contributed by atoms with Crippen molar-refractivity contribution in [2.75, 3.05) is 0 Å². The molecule has 0 radical (unpaired) electrons. The van der Waals surface area contributed by atoms with Gasteiger partial charge in [0.25, 0.3) is 0 Å². The first-order chi connectivity index (χ1) is 9.78. The summed E-state index contributed by atoms with van der Waals surface area (Å²) in [5.41, 5.74) is 4.19. The smallest absolute Gasteiger partial charge is 0.129 e. The molecule has 2 aromatic rings. The van der Waals surface area contributed by atoms with E-state index in [0.29, 0.717) is 11.1 Å². The summed E-state index contributed by atoms with van der Waals surface area (Å²) in [5.74, 6) is 0.0708. The summed E-state index contributed by atoms with van der Waals surface area (Å²) in [5, 5.41) is 19.1. The summed E-state index contributed by atoms with van der Waals surface area (Å²) in [6.07, 6.45) is 3.44. The van der Waals surface area contributed by atoms with Crippen molar-refractivity contribution in [1.29, 1.82) is 0 Å². The number of aliphatic hydroxyl groups excluding tert-OH is 1. The molecule has 0 atom stereocenters. The van der Waals surface area contributed by atoms with Gasteiger partial charge < -0.3 is 10.2 Å². The van der Waals surface area contributed by atoms with E-state index < -0.39 is 0 Å². The number of phenols is 1. The normalized spacial score (nSPS) is 13.1. The number of para-hydroxylation sites is 1. The Morgan fingerprint density at radius 2 is 2.15 bits per heavy atom. The maximum absolute atomic E-state index is 9.95. The highest BCUT2D eigenvalue weighted by atomic mass is 16.3. The van der Waals surface area contributed by atoms with Gasteiger partial charge in [0.2, 0.25) is 0 Å². The molecule has 0 unspecified atom stereocenters. The largest absolute Gasteiger partial charge is 0.507 e. The Morgan fingerprint density at radius 1 is 1.25 bits per heavy atom. The average molecular weight is 266 g/mol. The number of rotatable bonds is 3. The number of aliphatic hydroxyl groups is 1. The van der Waals surface area contributed by atoms with Gasteiger partial charge in [0.15, 0.2) is 0 Å². The summed E-state index contributed by atoms with van der Waals surface area (Å²) < 4.78 is 0.